The molecule has 1 saturated heterocycles. The lowest BCUT2D eigenvalue weighted by Crippen LogP contribution is -2.35. The van der Waals surface area contributed by atoms with Crippen molar-refractivity contribution in [2.75, 3.05) is 13.1 Å². The Balaban J connectivity index is 1.54. The number of hydrogen-bond donors (Lipinski definition) is 3. The number of carbonyl (C=O) groups is 1. The number of rotatable bonds is 10. The summed E-state index contributed by atoms with van der Waals surface area (Å²) in [5.74, 6) is -0.117. The number of benzene rings is 2. The highest BCUT2D eigenvalue weighted by molar-refractivity contribution is 7.88. The average molecular weight is 459 g/mol. The molecule has 0 aromatic heterocycles. The molecule has 2 amide bonds. The van der Waals surface area contributed by atoms with E-state index >= 15 is 0 Å². The van der Waals surface area contributed by atoms with Crippen LogP contribution in [-0.4, -0.2) is 38.5 Å². The lowest BCUT2D eigenvalue weighted by Gasteiger charge is -2.18. The number of amides is 2. The minimum Gasteiger partial charge on any atom is -0.334 e. The van der Waals surface area contributed by atoms with Crippen LogP contribution in [0, 0.1) is 0 Å². The van der Waals surface area contributed by atoms with Gasteiger partial charge in [-0.15, -0.1) is 0 Å². The first kappa shape index (κ1) is 24.2. The molecule has 1 fully saturated rings. The summed E-state index contributed by atoms with van der Waals surface area (Å²) in [5, 5.41) is 5.78. The van der Waals surface area contributed by atoms with Crippen LogP contribution in [0.15, 0.2) is 48.5 Å². The average Bonchev–Trinajstić information content (AvgIpc) is 3.24. The van der Waals surface area contributed by atoms with Crippen LogP contribution in [0.1, 0.15) is 48.9 Å². The SMILES string of the molecule is CC(C)NS(=O)(=O)Cc1ccccc1CNC(=O)NCc1ccccc1CN1CCCC1. The zero-order valence-corrected chi connectivity index (χ0v) is 19.7. The first-order valence-corrected chi connectivity index (χ1v) is 12.9. The summed E-state index contributed by atoms with van der Waals surface area (Å²) in [5.41, 5.74) is 3.81. The second-order valence-electron chi connectivity index (χ2n) is 8.59. The van der Waals surface area contributed by atoms with E-state index in [-0.39, 0.29) is 24.4 Å². The number of likely N-dealkylation sites (tertiary alicyclic amines) is 1. The fourth-order valence-corrected chi connectivity index (χ4v) is 5.45. The summed E-state index contributed by atoms with van der Waals surface area (Å²) in [6.45, 7) is 7.45. The van der Waals surface area contributed by atoms with E-state index < -0.39 is 10.0 Å². The molecule has 0 bridgehead atoms. The van der Waals surface area contributed by atoms with Gasteiger partial charge in [0.05, 0.1) is 5.75 Å². The minimum absolute atomic E-state index is 0.117. The van der Waals surface area contributed by atoms with Gasteiger partial charge in [0, 0.05) is 25.7 Å². The maximum atomic E-state index is 12.4. The van der Waals surface area contributed by atoms with E-state index in [1.54, 1.807) is 26.0 Å². The third-order valence-electron chi connectivity index (χ3n) is 5.47. The lowest BCUT2D eigenvalue weighted by atomic mass is 10.1. The summed E-state index contributed by atoms with van der Waals surface area (Å²) in [7, 11) is -3.44. The molecule has 32 heavy (non-hydrogen) atoms. The molecule has 0 spiro atoms. The smallest absolute Gasteiger partial charge is 0.315 e. The van der Waals surface area contributed by atoms with Crippen molar-refractivity contribution >= 4 is 16.1 Å². The Hall–Kier alpha value is -2.42. The van der Waals surface area contributed by atoms with Gasteiger partial charge in [-0.1, -0.05) is 48.5 Å². The molecule has 0 aliphatic carbocycles. The summed E-state index contributed by atoms with van der Waals surface area (Å²) < 4.78 is 27.2. The molecule has 174 valence electrons. The maximum absolute atomic E-state index is 12.4. The fourth-order valence-electron chi connectivity index (χ4n) is 3.96. The second kappa shape index (κ2) is 11.4. The summed E-state index contributed by atoms with van der Waals surface area (Å²) in [6.07, 6.45) is 2.50. The molecular weight excluding hydrogens is 424 g/mol. The molecule has 2 aromatic rings. The van der Waals surface area contributed by atoms with Crippen molar-refractivity contribution in [3.63, 3.8) is 0 Å². The fraction of sp³-hybridized carbons (Fsp3) is 0.458. The maximum Gasteiger partial charge on any atom is 0.315 e. The standard InChI is InChI=1S/C24H34N4O3S/c1-19(2)27-32(30,31)18-23-12-6-4-10-21(23)16-26-24(29)25-15-20-9-3-5-11-22(20)17-28-13-7-8-14-28/h3-6,9-12,19,27H,7-8,13-18H2,1-2H3,(H2,25,26,29). The van der Waals surface area contributed by atoms with Crippen LogP contribution in [0.4, 0.5) is 4.79 Å². The molecule has 7 nitrogen and oxygen atoms in total. The van der Waals surface area contributed by atoms with Gasteiger partial charge in [0.1, 0.15) is 0 Å². The Morgan fingerprint density at radius 1 is 0.875 bits per heavy atom. The first-order chi connectivity index (χ1) is 15.3. The Labute approximate surface area is 191 Å². The quantitative estimate of drug-likeness (QED) is 0.510. The predicted octanol–water partition coefficient (Wildman–Crippen LogP) is 3.11. The summed E-state index contributed by atoms with van der Waals surface area (Å²) >= 11 is 0. The third-order valence-corrected chi connectivity index (χ3v) is 6.99. The van der Waals surface area contributed by atoms with Crippen molar-refractivity contribution in [1.82, 2.24) is 20.3 Å². The van der Waals surface area contributed by atoms with Crippen molar-refractivity contribution in [3.8, 4) is 0 Å². The molecule has 8 heteroatoms. The molecule has 0 atom stereocenters. The Morgan fingerprint density at radius 3 is 1.94 bits per heavy atom. The Bertz CT molecular complexity index is 1000. The molecule has 3 rings (SSSR count). The van der Waals surface area contributed by atoms with E-state index in [0.717, 1.165) is 30.8 Å². The number of nitrogens with zero attached hydrogens (tertiary/aromatic N) is 1. The van der Waals surface area contributed by atoms with Gasteiger partial charge in [-0.05, 0) is 62.0 Å². The number of carbonyl (C=O) groups excluding carboxylic acids is 1. The van der Waals surface area contributed by atoms with Crippen molar-refractivity contribution in [1.29, 1.82) is 0 Å². The van der Waals surface area contributed by atoms with Crippen LogP contribution in [0.3, 0.4) is 0 Å². The third kappa shape index (κ3) is 7.62. The zero-order valence-electron chi connectivity index (χ0n) is 18.9. The van der Waals surface area contributed by atoms with Crippen LogP contribution in [0.5, 0.6) is 0 Å². The van der Waals surface area contributed by atoms with E-state index in [1.807, 2.05) is 30.3 Å². The molecule has 2 aromatic carbocycles. The van der Waals surface area contributed by atoms with Crippen LogP contribution < -0.4 is 15.4 Å². The molecule has 3 N–H and O–H groups in total. The molecule has 0 unspecified atom stereocenters. The van der Waals surface area contributed by atoms with Crippen molar-refractivity contribution < 1.29 is 13.2 Å². The summed E-state index contributed by atoms with van der Waals surface area (Å²) in [4.78, 5) is 14.9. The molecule has 0 saturated carbocycles. The van der Waals surface area contributed by atoms with Gasteiger partial charge < -0.3 is 10.6 Å². The molecule has 1 aliphatic heterocycles. The van der Waals surface area contributed by atoms with Gasteiger partial charge in [0.25, 0.3) is 0 Å². The van der Waals surface area contributed by atoms with Gasteiger partial charge in [-0.3, -0.25) is 4.90 Å². The second-order valence-corrected chi connectivity index (χ2v) is 10.3. The van der Waals surface area contributed by atoms with E-state index in [1.165, 1.54) is 18.4 Å². The van der Waals surface area contributed by atoms with Gasteiger partial charge in [-0.25, -0.2) is 17.9 Å². The number of urea groups is 1. The summed E-state index contributed by atoms with van der Waals surface area (Å²) in [6, 6.07) is 15.0. The molecular formula is C24H34N4O3S. The zero-order chi connectivity index (χ0) is 23.0. The van der Waals surface area contributed by atoms with E-state index in [2.05, 4.69) is 26.3 Å². The highest BCUT2D eigenvalue weighted by atomic mass is 32.2. The van der Waals surface area contributed by atoms with E-state index in [0.29, 0.717) is 12.1 Å². The van der Waals surface area contributed by atoms with E-state index in [9.17, 15) is 13.2 Å². The highest BCUT2D eigenvalue weighted by Gasteiger charge is 2.16. The largest absolute Gasteiger partial charge is 0.334 e. The van der Waals surface area contributed by atoms with Crippen LogP contribution in [0.25, 0.3) is 0 Å². The number of nitrogens with one attached hydrogen (secondary N) is 3. The highest BCUT2D eigenvalue weighted by Crippen LogP contribution is 2.16. The Kier molecular flexibility index (Phi) is 8.67. The first-order valence-electron chi connectivity index (χ1n) is 11.2. The molecule has 1 aliphatic rings. The molecule has 0 radical (unpaired) electrons. The minimum atomic E-state index is -3.44. The van der Waals surface area contributed by atoms with Crippen molar-refractivity contribution in [3.05, 3.63) is 70.8 Å². The number of sulfonamides is 1. The lowest BCUT2D eigenvalue weighted by molar-refractivity contribution is 0.240. The van der Waals surface area contributed by atoms with Gasteiger partial charge in [-0.2, -0.15) is 0 Å². The van der Waals surface area contributed by atoms with E-state index in [4.69, 9.17) is 0 Å². The van der Waals surface area contributed by atoms with Crippen LogP contribution in [-0.2, 0) is 35.4 Å². The number of hydrogen-bond acceptors (Lipinski definition) is 4. The topological polar surface area (TPSA) is 90.5 Å². The molecule has 1 heterocycles. The van der Waals surface area contributed by atoms with Crippen molar-refractivity contribution in [2.45, 2.75) is 58.1 Å². The van der Waals surface area contributed by atoms with Gasteiger partial charge in [0.2, 0.25) is 10.0 Å². The van der Waals surface area contributed by atoms with Gasteiger partial charge in [0.15, 0.2) is 0 Å². The van der Waals surface area contributed by atoms with Gasteiger partial charge >= 0.3 is 6.03 Å². The van der Waals surface area contributed by atoms with Crippen molar-refractivity contribution in [2.24, 2.45) is 0 Å². The predicted molar refractivity (Wildman–Crippen MR) is 127 cm³/mol. The van der Waals surface area contributed by atoms with Crippen LogP contribution in [0.2, 0.25) is 0 Å². The normalized spacial score (nSPS) is 14.6. The monoisotopic (exact) mass is 458 g/mol. The van der Waals surface area contributed by atoms with Crippen LogP contribution >= 0.6 is 0 Å². The Morgan fingerprint density at radius 2 is 1.38 bits per heavy atom.